The van der Waals surface area contributed by atoms with E-state index in [0.29, 0.717) is 0 Å². The Balaban J connectivity index is 1.71. The van der Waals surface area contributed by atoms with Crippen molar-refractivity contribution in [2.45, 2.75) is 25.3 Å². The lowest BCUT2D eigenvalue weighted by Gasteiger charge is -2.19. The zero-order chi connectivity index (χ0) is 23.1. The quantitative estimate of drug-likeness (QED) is 0.511. The molecule has 0 fully saturated rings. The molecule has 3 rings (SSSR count). The van der Waals surface area contributed by atoms with Crippen molar-refractivity contribution in [1.29, 1.82) is 0 Å². The van der Waals surface area contributed by atoms with Crippen LogP contribution in [0.4, 0.5) is 15.9 Å². The second kappa shape index (κ2) is 10.2. The number of amides is 1. The highest BCUT2D eigenvalue weighted by atomic mass is 32.2. The highest BCUT2D eigenvalue weighted by Gasteiger charge is 2.18. The molecule has 0 unspecified atom stereocenters. The van der Waals surface area contributed by atoms with Gasteiger partial charge in [-0.25, -0.2) is 17.8 Å². The summed E-state index contributed by atoms with van der Waals surface area (Å²) in [6.45, 7) is 6.06. The average Bonchev–Trinajstić information content (AvgIpc) is 2.79. The van der Waals surface area contributed by atoms with Crippen molar-refractivity contribution in [2.75, 3.05) is 22.7 Å². The molecule has 3 aromatic rings. The van der Waals surface area contributed by atoms with Crippen LogP contribution in [-0.2, 0) is 16.6 Å². The number of aromatic nitrogens is 1. The minimum absolute atomic E-state index is 0.103. The molecule has 9 heteroatoms. The zero-order valence-electron chi connectivity index (χ0n) is 17.9. The monoisotopic (exact) mass is 456 g/mol. The van der Waals surface area contributed by atoms with Crippen LogP contribution in [0.25, 0.3) is 0 Å². The first-order valence-electron chi connectivity index (χ1n) is 10.2. The second-order valence-electron chi connectivity index (χ2n) is 6.98. The molecular formula is C23H25FN4O3S. The Bertz CT molecular complexity index is 1160. The van der Waals surface area contributed by atoms with E-state index in [9.17, 15) is 17.6 Å². The molecule has 1 amide bonds. The van der Waals surface area contributed by atoms with Gasteiger partial charge in [-0.05, 0) is 61.9 Å². The van der Waals surface area contributed by atoms with E-state index in [2.05, 4.69) is 33.8 Å². The van der Waals surface area contributed by atoms with Crippen LogP contribution in [0.2, 0.25) is 0 Å². The van der Waals surface area contributed by atoms with Gasteiger partial charge in [0.2, 0.25) is 0 Å². The fourth-order valence-electron chi connectivity index (χ4n) is 3.12. The maximum Gasteiger partial charge on any atom is 0.261 e. The Morgan fingerprint density at radius 2 is 1.69 bits per heavy atom. The third-order valence-corrected chi connectivity index (χ3v) is 6.27. The first kappa shape index (κ1) is 23.2. The standard InChI is InChI=1S/C23H25FN4O3S/c1-3-28(4-2)22-14-9-17(15-25-22)16-26-23(29)20-7-5-6-8-21(20)27-32(30,31)19-12-10-18(24)11-13-19/h5-15,27H,3-4,16H2,1-2H3,(H,26,29). The van der Waals surface area contributed by atoms with Crippen LogP contribution < -0.4 is 14.9 Å². The van der Waals surface area contributed by atoms with Gasteiger partial charge in [0, 0.05) is 25.8 Å². The first-order chi connectivity index (χ1) is 15.3. The van der Waals surface area contributed by atoms with Gasteiger partial charge in [-0.3, -0.25) is 9.52 Å². The molecule has 1 aromatic heterocycles. The number of rotatable bonds is 9. The number of pyridine rings is 1. The highest BCUT2D eigenvalue weighted by molar-refractivity contribution is 7.92. The van der Waals surface area contributed by atoms with Gasteiger partial charge >= 0.3 is 0 Å². The highest BCUT2D eigenvalue weighted by Crippen LogP contribution is 2.21. The lowest BCUT2D eigenvalue weighted by molar-refractivity contribution is 0.0952. The van der Waals surface area contributed by atoms with Crippen LogP contribution >= 0.6 is 0 Å². The fourth-order valence-corrected chi connectivity index (χ4v) is 4.20. The molecule has 32 heavy (non-hydrogen) atoms. The predicted octanol–water partition coefficient (Wildman–Crippen LogP) is 3.80. The van der Waals surface area contributed by atoms with E-state index in [1.807, 2.05) is 12.1 Å². The molecule has 0 bridgehead atoms. The molecule has 2 N–H and O–H groups in total. The summed E-state index contributed by atoms with van der Waals surface area (Å²) in [5.74, 6) is -0.107. The van der Waals surface area contributed by atoms with Gasteiger partial charge in [-0.2, -0.15) is 0 Å². The van der Waals surface area contributed by atoms with Crippen molar-refractivity contribution >= 4 is 27.4 Å². The van der Waals surface area contributed by atoms with Crippen molar-refractivity contribution < 1.29 is 17.6 Å². The zero-order valence-corrected chi connectivity index (χ0v) is 18.7. The van der Waals surface area contributed by atoms with Gasteiger partial charge in [-0.15, -0.1) is 0 Å². The lowest BCUT2D eigenvalue weighted by atomic mass is 10.1. The number of para-hydroxylation sites is 1. The van der Waals surface area contributed by atoms with Gasteiger partial charge in [0.05, 0.1) is 16.1 Å². The molecule has 0 spiro atoms. The number of hydrogen-bond donors (Lipinski definition) is 2. The topological polar surface area (TPSA) is 91.4 Å². The summed E-state index contributed by atoms with van der Waals surface area (Å²) < 4.78 is 40.8. The van der Waals surface area contributed by atoms with E-state index in [1.165, 1.54) is 12.1 Å². The lowest BCUT2D eigenvalue weighted by Crippen LogP contribution is -2.25. The van der Waals surface area contributed by atoms with Crippen LogP contribution in [0.5, 0.6) is 0 Å². The van der Waals surface area contributed by atoms with E-state index >= 15 is 0 Å². The molecular weight excluding hydrogens is 431 g/mol. The Hall–Kier alpha value is -3.46. The van der Waals surface area contributed by atoms with E-state index in [-0.39, 0.29) is 22.7 Å². The summed E-state index contributed by atoms with van der Waals surface area (Å²) in [5, 5.41) is 2.79. The minimum Gasteiger partial charge on any atom is -0.357 e. The molecule has 168 valence electrons. The summed E-state index contributed by atoms with van der Waals surface area (Å²) in [6, 6.07) is 14.5. The van der Waals surface area contributed by atoms with Crippen LogP contribution in [0, 0.1) is 5.82 Å². The van der Waals surface area contributed by atoms with Crippen LogP contribution in [0.1, 0.15) is 29.8 Å². The Kier molecular flexibility index (Phi) is 7.42. The minimum atomic E-state index is -3.98. The molecule has 0 aliphatic heterocycles. The molecule has 0 aliphatic rings. The van der Waals surface area contributed by atoms with Crippen LogP contribution in [0.15, 0.2) is 71.8 Å². The van der Waals surface area contributed by atoms with E-state index in [4.69, 9.17) is 0 Å². The smallest absolute Gasteiger partial charge is 0.261 e. The molecule has 1 heterocycles. The van der Waals surface area contributed by atoms with Gasteiger partial charge in [0.25, 0.3) is 15.9 Å². The predicted molar refractivity (Wildman–Crippen MR) is 123 cm³/mol. The largest absolute Gasteiger partial charge is 0.357 e. The number of nitrogens with zero attached hydrogens (tertiary/aromatic N) is 2. The number of carbonyl (C=O) groups is 1. The maximum absolute atomic E-state index is 13.1. The third kappa shape index (κ3) is 5.61. The van der Waals surface area contributed by atoms with Crippen molar-refractivity contribution in [1.82, 2.24) is 10.3 Å². The van der Waals surface area contributed by atoms with Crippen molar-refractivity contribution in [2.24, 2.45) is 0 Å². The Labute approximate surface area is 187 Å². The van der Waals surface area contributed by atoms with Gasteiger partial charge in [0.1, 0.15) is 11.6 Å². The number of halogens is 1. The number of hydrogen-bond acceptors (Lipinski definition) is 5. The van der Waals surface area contributed by atoms with E-state index in [0.717, 1.165) is 48.7 Å². The van der Waals surface area contributed by atoms with Crippen molar-refractivity contribution in [3.63, 3.8) is 0 Å². The third-order valence-electron chi connectivity index (χ3n) is 4.89. The maximum atomic E-state index is 13.1. The van der Waals surface area contributed by atoms with Gasteiger partial charge in [-0.1, -0.05) is 18.2 Å². The van der Waals surface area contributed by atoms with Crippen molar-refractivity contribution in [3.05, 3.63) is 83.8 Å². The molecule has 0 saturated carbocycles. The Morgan fingerprint density at radius 3 is 2.31 bits per heavy atom. The van der Waals surface area contributed by atoms with Gasteiger partial charge < -0.3 is 10.2 Å². The number of anilines is 2. The molecule has 0 atom stereocenters. The second-order valence-corrected chi connectivity index (χ2v) is 8.67. The van der Waals surface area contributed by atoms with Gasteiger partial charge in [0.15, 0.2) is 0 Å². The summed E-state index contributed by atoms with van der Waals surface area (Å²) in [4.78, 5) is 19.2. The van der Waals surface area contributed by atoms with Crippen LogP contribution in [-0.4, -0.2) is 32.4 Å². The van der Waals surface area contributed by atoms with Crippen LogP contribution in [0.3, 0.4) is 0 Å². The Morgan fingerprint density at radius 1 is 1.00 bits per heavy atom. The molecule has 0 saturated heterocycles. The number of benzene rings is 2. The van der Waals surface area contributed by atoms with E-state index in [1.54, 1.807) is 18.3 Å². The number of sulfonamides is 1. The molecule has 0 aliphatic carbocycles. The normalized spacial score (nSPS) is 11.1. The molecule has 7 nitrogen and oxygen atoms in total. The summed E-state index contributed by atoms with van der Waals surface area (Å²) in [5.41, 5.74) is 1.12. The summed E-state index contributed by atoms with van der Waals surface area (Å²) in [7, 11) is -3.98. The summed E-state index contributed by atoms with van der Waals surface area (Å²) >= 11 is 0. The molecule has 2 aromatic carbocycles. The fraction of sp³-hybridized carbons (Fsp3) is 0.217. The first-order valence-corrected chi connectivity index (χ1v) is 11.7. The SMILES string of the molecule is CCN(CC)c1ccc(CNC(=O)c2ccccc2NS(=O)(=O)c2ccc(F)cc2)cn1. The van der Waals surface area contributed by atoms with Crippen molar-refractivity contribution in [3.8, 4) is 0 Å². The summed E-state index contributed by atoms with van der Waals surface area (Å²) in [6.07, 6.45) is 1.71. The molecule has 0 radical (unpaired) electrons. The van der Waals surface area contributed by atoms with E-state index < -0.39 is 21.7 Å². The number of carbonyl (C=O) groups excluding carboxylic acids is 1. The average molecular weight is 457 g/mol. The number of nitrogens with one attached hydrogen (secondary N) is 2.